The zero-order valence-corrected chi connectivity index (χ0v) is 25.5. The van der Waals surface area contributed by atoms with Crippen LogP contribution < -0.4 is 68.9 Å². The van der Waals surface area contributed by atoms with Crippen LogP contribution in [0.25, 0.3) is 0 Å². The third kappa shape index (κ3) is 36.5. The summed E-state index contributed by atoms with van der Waals surface area (Å²) in [7, 11) is -4.91. The van der Waals surface area contributed by atoms with Gasteiger partial charge in [0.1, 0.15) is 0 Å². The fraction of sp³-hybridized carbons (Fsp3) is 1.00. The minimum absolute atomic E-state index is 0. The number of hydrogen-bond acceptors (Lipinski definition) is 9. The van der Waals surface area contributed by atoms with Crippen LogP contribution in [-0.4, -0.2) is 72.7 Å². The second-order valence-corrected chi connectivity index (χ2v) is 7.97. The van der Waals surface area contributed by atoms with Gasteiger partial charge < -0.3 is 42.6 Å². The van der Waals surface area contributed by atoms with E-state index in [4.69, 9.17) is 23.7 Å². The van der Waals surface area contributed by atoms with Crippen LogP contribution in [-0.2, 0) is 32.8 Å². The van der Waals surface area contributed by atoms with Crippen LogP contribution in [0.15, 0.2) is 0 Å². The molecular formula is C20H41Na2O9P. The predicted octanol–water partition coefficient (Wildman–Crippen LogP) is -3.94. The van der Waals surface area contributed by atoms with E-state index in [0.29, 0.717) is 46.2 Å². The molecule has 0 saturated heterocycles. The molecule has 32 heavy (non-hydrogen) atoms. The zero-order valence-electron chi connectivity index (χ0n) is 20.6. The van der Waals surface area contributed by atoms with Crippen molar-refractivity contribution in [2.24, 2.45) is 0 Å². The summed E-state index contributed by atoms with van der Waals surface area (Å²) in [6, 6.07) is 0. The van der Waals surface area contributed by atoms with Crippen molar-refractivity contribution in [1.82, 2.24) is 0 Å². The van der Waals surface area contributed by atoms with Gasteiger partial charge in [0.05, 0.1) is 73.9 Å². The van der Waals surface area contributed by atoms with Crippen molar-refractivity contribution < 1.29 is 102 Å². The van der Waals surface area contributed by atoms with E-state index in [9.17, 15) is 14.4 Å². The third-order valence-electron chi connectivity index (χ3n) is 4.11. The Bertz CT molecular complexity index is 390. The predicted molar refractivity (Wildman–Crippen MR) is 110 cm³/mol. The van der Waals surface area contributed by atoms with Crippen LogP contribution in [0.3, 0.4) is 0 Å². The Morgan fingerprint density at radius 1 is 0.500 bits per heavy atom. The quantitative estimate of drug-likeness (QED) is 0.0701. The molecule has 0 aliphatic heterocycles. The Morgan fingerprint density at radius 2 is 0.812 bits per heavy atom. The molecule has 0 fully saturated rings. The number of ether oxygens (including phenoxy) is 5. The molecule has 12 heteroatoms. The van der Waals surface area contributed by atoms with E-state index in [1.54, 1.807) is 0 Å². The average molecular weight is 502 g/mol. The summed E-state index contributed by atoms with van der Waals surface area (Å²) in [5.74, 6) is 0. The summed E-state index contributed by atoms with van der Waals surface area (Å²) in [6.45, 7) is 6.52. The molecule has 0 aromatic rings. The van der Waals surface area contributed by atoms with Gasteiger partial charge in [-0.2, -0.15) is 0 Å². The third-order valence-corrected chi connectivity index (χ3v) is 4.61. The number of phosphoric ester groups is 1. The van der Waals surface area contributed by atoms with E-state index in [-0.39, 0.29) is 78.9 Å². The standard InChI is InChI=1S/C20H43O9P.2Na/c1-2-3-4-5-6-7-8-9-10-24-11-12-25-13-14-26-15-16-27-17-18-28-19-20-29-30(21,22)23;;/h2-20H2,1H3,(H2,21,22,23);;/q;2*+1/p-2. The normalized spacial score (nSPS) is 11.2. The molecule has 182 valence electrons. The molecule has 0 heterocycles. The average Bonchev–Trinajstić information content (AvgIpc) is 2.70. The first-order valence-corrected chi connectivity index (χ1v) is 12.6. The van der Waals surface area contributed by atoms with Gasteiger partial charge in [-0.15, -0.1) is 0 Å². The monoisotopic (exact) mass is 502 g/mol. The van der Waals surface area contributed by atoms with Crippen LogP contribution in [0.2, 0.25) is 0 Å². The molecule has 9 nitrogen and oxygen atoms in total. The fourth-order valence-corrected chi connectivity index (χ4v) is 2.83. The van der Waals surface area contributed by atoms with Gasteiger partial charge >= 0.3 is 59.1 Å². The zero-order chi connectivity index (χ0) is 22.2. The second-order valence-electron chi connectivity index (χ2n) is 6.82. The summed E-state index contributed by atoms with van der Waals surface area (Å²) < 4.78 is 40.9. The van der Waals surface area contributed by atoms with Crippen molar-refractivity contribution in [2.75, 3.05) is 72.7 Å². The molecular weight excluding hydrogens is 461 g/mol. The molecule has 0 unspecified atom stereocenters. The van der Waals surface area contributed by atoms with Crippen LogP contribution in [0.5, 0.6) is 0 Å². The van der Waals surface area contributed by atoms with E-state index in [0.717, 1.165) is 13.0 Å². The minimum atomic E-state index is -4.91. The Hall–Kier alpha value is 1.91. The van der Waals surface area contributed by atoms with Crippen molar-refractivity contribution in [3.8, 4) is 0 Å². The number of hydrogen-bond donors (Lipinski definition) is 0. The number of phosphoric acid groups is 1. The molecule has 0 aromatic carbocycles. The van der Waals surface area contributed by atoms with Gasteiger partial charge in [-0.1, -0.05) is 51.9 Å². The Morgan fingerprint density at radius 3 is 1.19 bits per heavy atom. The second kappa shape index (κ2) is 30.9. The Labute approximate surface area is 238 Å². The van der Waals surface area contributed by atoms with Gasteiger partial charge in [-0.05, 0) is 6.42 Å². The topological polar surface area (TPSA) is 119 Å². The summed E-state index contributed by atoms with van der Waals surface area (Å²) >= 11 is 0. The van der Waals surface area contributed by atoms with E-state index in [1.807, 2.05) is 0 Å². The van der Waals surface area contributed by atoms with Crippen LogP contribution in [0.4, 0.5) is 0 Å². The Balaban J connectivity index is -0.00000420. The maximum atomic E-state index is 10.2. The molecule has 0 atom stereocenters. The molecule has 0 saturated carbocycles. The number of unbranched alkanes of at least 4 members (excludes halogenated alkanes) is 7. The van der Waals surface area contributed by atoms with E-state index < -0.39 is 7.82 Å². The maximum absolute atomic E-state index is 10.2. The maximum Gasteiger partial charge on any atom is 1.00 e. The molecule has 0 aromatic heterocycles. The summed E-state index contributed by atoms with van der Waals surface area (Å²) in [4.78, 5) is 20.4. The summed E-state index contributed by atoms with van der Waals surface area (Å²) in [5, 5.41) is 0. The van der Waals surface area contributed by atoms with Crippen LogP contribution in [0, 0.1) is 0 Å². The van der Waals surface area contributed by atoms with Crippen molar-refractivity contribution in [3.05, 3.63) is 0 Å². The van der Waals surface area contributed by atoms with Gasteiger partial charge in [0.2, 0.25) is 0 Å². The fourth-order valence-electron chi connectivity index (χ4n) is 2.53. The van der Waals surface area contributed by atoms with Gasteiger partial charge in [-0.25, -0.2) is 0 Å². The molecule has 0 spiro atoms. The first kappa shape index (κ1) is 38.4. The van der Waals surface area contributed by atoms with E-state index >= 15 is 0 Å². The molecule has 0 radical (unpaired) electrons. The van der Waals surface area contributed by atoms with Crippen LogP contribution >= 0.6 is 7.82 Å². The molecule has 0 aliphatic carbocycles. The van der Waals surface area contributed by atoms with Gasteiger partial charge in [0.25, 0.3) is 0 Å². The summed E-state index contributed by atoms with van der Waals surface area (Å²) in [6.07, 6.45) is 10.4. The first-order chi connectivity index (χ1) is 14.6. The largest absolute Gasteiger partial charge is 1.00 e. The molecule has 0 amide bonds. The Kier molecular flexibility index (Phi) is 37.2. The molecule has 0 rings (SSSR count). The van der Waals surface area contributed by atoms with Gasteiger partial charge in [0.15, 0.2) is 0 Å². The van der Waals surface area contributed by atoms with Crippen LogP contribution in [0.1, 0.15) is 58.3 Å². The van der Waals surface area contributed by atoms with E-state index in [1.165, 1.54) is 44.9 Å². The SMILES string of the molecule is CCCCCCCCCCOCCOCCOCCOCCOCCOP(=O)([O-])[O-].[Na+].[Na+]. The first-order valence-electron chi connectivity index (χ1n) is 11.1. The van der Waals surface area contributed by atoms with Crippen molar-refractivity contribution in [2.45, 2.75) is 58.3 Å². The van der Waals surface area contributed by atoms with E-state index in [2.05, 4.69) is 11.4 Å². The van der Waals surface area contributed by atoms with Crippen molar-refractivity contribution >= 4 is 7.82 Å². The molecule has 0 aliphatic rings. The van der Waals surface area contributed by atoms with Gasteiger partial charge in [0, 0.05) is 6.61 Å². The molecule has 0 bridgehead atoms. The smallest absolute Gasteiger partial charge is 0.790 e. The number of rotatable bonds is 25. The van der Waals surface area contributed by atoms with Crippen molar-refractivity contribution in [1.29, 1.82) is 0 Å². The molecule has 0 N–H and O–H groups in total. The van der Waals surface area contributed by atoms with Crippen molar-refractivity contribution in [3.63, 3.8) is 0 Å². The minimum Gasteiger partial charge on any atom is -0.790 e. The summed E-state index contributed by atoms with van der Waals surface area (Å²) in [5.41, 5.74) is 0. The van der Waals surface area contributed by atoms with Gasteiger partial charge in [-0.3, -0.25) is 0 Å².